The highest BCUT2D eigenvalue weighted by atomic mass is 16.5. The van der Waals surface area contributed by atoms with E-state index in [0.717, 1.165) is 0 Å². The Hall–Kier alpha value is -2.08. The van der Waals surface area contributed by atoms with Crippen molar-refractivity contribution in [2.24, 2.45) is 0 Å². The predicted octanol–water partition coefficient (Wildman–Crippen LogP) is 1.58. The Bertz CT molecular complexity index is 605. The third kappa shape index (κ3) is 2.78. The van der Waals surface area contributed by atoms with Crippen molar-refractivity contribution < 1.29 is 24.2 Å². The first-order valence-electron chi connectivity index (χ1n) is 7.36. The van der Waals surface area contributed by atoms with Crippen LogP contribution < -0.4 is 9.47 Å². The summed E-state index contributed by atoms with van der Waals surface area (Å²) in [5.41, 5.74) is 0.0752. The monoisotopic (exact) mass is 305 g/mol. The van der Waals surface area contributed by atoms with E-state index >= 15 is 0 Å². The van der Waals surface area contributed by atoms with Crippen molar-refractivity contribution in [3.05, 3.63) is 23.8 Å². The molecule has 22 heavy (non-hydrogen) atoms. The van der Waals surface area contributed by atoms with Gasteiger partial charge in [-0.15, -0.1) is 0 Å². The number of rotatable bonds is 3. The third-order valence-electron chi connectivity index (χ3n) is 4.42. The van der Waals surface area contributed by atoms with Gasteiger partial charge in [0, 0.05) is 25.9 Å². The van der Waals surface area contributed by atoms with Gasteiger partial charge in [-0.1, -0.05) is 0 Å². The molecule has 6 heteroatoms. The molecule has 1 aromatic carbocycles. The number of carbonyl (C=O) groups is 2. The summed E-state index contributed by atoms with van der Waals surface area (Å²) in [5, 5.41) is 8.85. The molecule has 2 aliphatic rings. The highest BCUT2D eigenvalue weighted by Gasteiger charge is 2.43. The Kier molecular flexibility index (Phi) is 3.78. The summed E-state index contributed by atoms with van der Waals surface area (Å²) in [7, 11) is 1.57. The van der Waals surface area contributed by atoms with Gasteiger partial charge >= 0.3 is 5.97 Å². The number of Topliss-reactive ketones (excluding diaryl/α,β-unsaturated/α-hetero) is 1. The Morgan fingerprint density at radius 3 is 2.77 bits per heavy atom. The molecule has 0 radical (unpaired) electrons. The van der Waals surface area contributed by atoms with Gasteiger partial charge in [-0.25, -0.2) is 0 Å². The van der Waals surface area contributed by atoms with E-state index in [1.165, 1.54) is 0 Å². The molecule has 0 amide bonds. The molecule has 0 aromatic heterocycles. The molecule has 0 unspecified atom stereocenters. The Morgan fingerprint density at radius 2 is 2.14 bits per heavy atom. The van der Waals surface area contributed by atoms with Crippen LogP contribution in [-0.4, -0.2) is 54.1 Å². The molecule has 0 bridgehead atoms. The number of benzene rings is 1. The van der Waals surface area contributed by atoms with Crippen LogP contribution in [0.15, 0.2) is 18.2 Å². The molecule has 1 fully saturated rings. The highest BCUT2D eigenvalue weighted by Crippen LogP contribution is 2.40. The molecule has 0 aliphatic carbocycles. The van der Waals surface area contributed by atoms with Gasteiger partial charge in [-0.05, 0) is 18.2 Å². The lowest BCUT2D eigenvalue weighted by molar-refractivity contribution is -0.139. The number of methoxy groups -OCH3 is 1. The SMILES string of the molecule is COc1ccc2c(c1)C(=O)CC1(CCN(CC(=O)O)CC1)O2. The van der Waals surface area contributed by atoms with Crippen molar-refractivity contribution in [2.45, 2.75) is 24.9 Å². The van der Waals surface area contributed by atoms with E-state index < -0.39 is 11.6 Å². The summed E-state index contributed by atoms with van der Waals surface area (Å²) in [6.07, 6.45) is 1.67. The van der Waals surface area contributed by atoms with Crippen molar-refractivity contribution in [3.8, 4) is 11.5 Å². The summed E-state index contributed by atoms with van der Waals surface area (Å²) < 4.78 is 11.3. The number of likely N-dealkylation sites (tertiary alicyclic amines) is 1. The summed E-state index contributed by atoms with van der Waals surface area (Å²) in [5.74, 6) is 0.479. The second kappa shape index (κ2) is 5.61. The molecule has 1 N–H and O–H groups in total. The number of ketones is 1. The molecule has 3 rings (SSSR count). The summed E-state index contributed by atoms with van der Waals surface area (Å²) >= 11 is 0. The zero-order valence-corrected chi connectivity index (χ0v) is 12.5. The lowest BCUT2D eigenvalue weighted by atomic mass is 9.82. The van der Waals surface area contributed by atoms with Crippen LogP contribution in [0.4, 0.5) is 0 Å². The van der Waals surface area contributed by atoms with Gasteiger partial charge in [0.15, 0.2) is 5.78 Å². The van der Waals surface area contributed by atoms with Crippen molar-refractivity contribution in [2.75, 3.05) is 26.7 Å². The minimum atomic E-state index is -0.825. The molecule has 0 saturated carbocycles. The first-order valence-corrected chi connectivity index (χ1v) is 7.36. The second-order valence-corrected chi connectivity index (χ2v) is 5.92. The number of fused-ring (bicyclic) bond motifs is 1. The van der Waals surface area contributed by atoms with E-state index in [1.54, 1.807) is 25.3 Å². The Morgan fingerprint density at radius 1 is 1.41 bits per heavy atom. The van der Waals surface area contributed by atoms with Crippen molar-refractivity contribution >= 4 is 11.8 Å². The normalized spacial score (nSPS) is 20.3. The standard InChI is InChI=1S/C16H19NO5/c1-21-11-2-3-14-12(8-11)13(18)9-16(22-14)4-6-17(7-5-16)10-15(19)20/h2-3,8H,4-7,9-10H2,1H3,(H,19,20). The molecule has 118 valence electrons. The molecule has 1 spiro atoms. The number of nitrogens with zero attached hydrogens (tertiary/aromatic N) is 1. The number of aliphatic carboxylic acids is 1. The zero-order chi connectivity index (χ0) is 15.7. The van der Waals surface area contributed by atoms with Crippen LogP contribution >= 0.6 is 0 Å². The van der Waals surface area contributed by atoms with Gasteiger partial charge in [0.2, 0.25) is 0 Å². The lowest BCUT2D eigenvalue weighted by Crippen LogP contribution is -2.51. The van der Waals surface area contributed by atoms with E-state index in [-0.39, 0.29) is 12.3 Å². The molecule has 0 atom stereocenters. The first-order chi connectivity index (χ1) is 10.5. The molecule has 6 nitrogen and oxygen atoms in total. The number of carbonyl (C=O) groups excluding carboxylic acids is 1. The maximum atomic E-state index is 12.4. The summed E-state index contributed by atoms with van der Waals surface area (Å²) in [4.78, 5) is 25.1. The fourth-order valence-corrected chi connectivity index (χ4v) is 3.19. The Labute approximate surface area is 128 Å². The van der Waals surface area contributed by atoms with E-state index in [2.05, 4.69) is 0 Å². The number of hydrogen-bond acceptors (Lipinski definition) is 5. The first kappa shape index (κ1) is 14.8. The minimum absolute atomic E-state index is 0.0395. The molecule has 1 aromatic rings. The lowest BCUT2D eigenvalue weighted by Gasteiger charge is -2.43. The summed E-state index contributed by atoms with van der Waals surface area (Å²) in [6.45, 7) is 1.30. The average Bonchev–Trinajstić information content (AvgIpc) is 2.49. The van der Waals surface area contributed by atoms with Crippen molar-refractivity contribution in [1.29, 1.82) is 0 Å². The van der Waals surface area contributed by atoms with E-state index in [1.807, 2.05) is 4.90 Å². The quantitative estimate of drug-likeness (QED) is 0.913. The van der Waals surface area contributed by atoms with Crippen LogP contribution in [0, 0.1) is 0 Å². The molecule has 2 heterocycles. The van der Waals surface area contributed by atoms with Crippen molar-refractivity contribution in [1.82, 2.24) is 4.90 Å². The van der Waals surface area contributed by atoms with Crippen LogP contribution in [0.3, 0.4) is 0 Å². The average molecular weight is 305 g/mol. The molecular weight excluding hydrogens is 286 g/mol. The minimum Gasteiger partial charge on any atom is -0.497 e. The number of piperidine rings is 1. The highest BCUT2D eigenvalue weighted by molar-refractivity contribution is 6.00. The second-order valence-electron chi connectivity index (χ2n) is 5.92. The number of hydrogen-bond donors (Lipinski definition) is 1. The van der Waals surface area contributed by atoms with Crippen molar-refractivity contribution in [3.63, 3.8) is 0 Å². The third-order valence-corrected chi connectivity index (χ3v) is 4.42. The van der Waals surface area contributed by atoms with Crippen LogP contribution in [0.2, 0.25) is 0 Å². The van der Waals surface area contributed by atoms with Crippen LogP contribution in [0.25, 0.3) is 0 Å². The van der Waals surface area contributed by atoms with Gasteiger partial charge in [0.05, 0.1) is 25.6 Å². The molecular formula is C16H19NO5. The van der Waals surface area contributed by atoms with Gasteiger partial charge in [0.1, 0.15) is 17.1 Å². The molecule has 1 saturated heterocycles. The predicted molar refractivity (Wildman–Crippen MR) is 78.6 cm³/mol. The van der Waals surface area contributed by atoms with Gasteiger partial charge in [-0.2, -0.15) is 0 Å². The topological polar surface area (TPSA) is 76.1 Å². The number of carboxylic acid groups (broad SMARTS) is 1. The van der Waals surface area contributed by atoms with Crippen LogP contribution in [-0.2, 0) is 4.79 Å². The smallest absolute Gasteiger partial charge is 0.317 e. The fourth-order valence-electron chi connectivity index (χ4n) is 3.19. The summed E-state index contributed by atoms with van der Waals surface area (Å²) in [6, 6.07) is 5.27. The zero-order valence-electron chi connectivity index (χ0n) is 12.5. The maximum absolute atomic E-state index is 12.4. The van der Waals surface area contributed by atoms with E-state index in [4.69, 9.17) is 14.6 Å². The van der Waals surface area contributed by atoms with Gasteiger partial charge in [0.25, 0.3) is 0 Å². The van der Waals surface area contributed by atoms with Gasteiger partial charge in [-0.3, -0.25) is 14.5 Å². The number of carboxylic acids is 1. The largest absolute Gasteiger partial charge is 0.497 e. The maximum Gasteiger partial charge on any atom is 0.317 e. The molecule has 2 aliphatic heterocycles. The number of ether oxygens (including phenoxy) is 2. The van der Waals surface area contributed by atoms with Gasteiger partial charge < -0.3 is 14.6 Å². The van der Waals surface area contributed by atoms with E-state index in [9.17, 15) is 9.59 Å². The Balaban J connectivity index is 1.75. The van der Waals surface area contributed by atoms with Crippen LogP contribution in [0.5, 0.6) is 11.5 Å². The van der Waals surface area contributed by atoms with E-state index in [0.29, 0.717) is 49.4 Å². The van der Waals surface area contributed by atoms with Crippen LogP contribution in [0.1, 0.15) is 29.6 Å². The fraction of sp³-hybridized carbons (Fsp3) is 0.500.